The second-order valence-electron chi connectivity index (χ2n) is 6.95. The van der Waals surface area contributed by atoms with Crippen LogP contribution in [-0.2, 0) is 24.3 Å². The fourth-order valence-electron chi connectivity index (χ4n) is 3.13. The molecule has 0 bridgehead atoms. The van der Waals surface area contributed by atoms with Crippen molar-refractivity contribution >= 4 is 27.6 Å². The summed E-state index contributed by atoms with van der Waals surface area (Å²) in [5.74, 6) is -0.682. The Hall–Kier alpha value is -2.09. The van der Waals surface area contributed by atoms with Gasteiger partial charge < -0.3 is 9.64 Å². The van der Waals surface area contributed by atoms with E-state index in [0.29, 0.717) is 38.2 Å². The highest BCUT2D eigenvalue weighted by Gasteiger charge is 2.30. The van der Waals surface area contributed by atoms with Gasteiger partial charge in [-0.3, -0.25) is 13.9 Å². The van der Waals surface area contributed by atoms with E-state index in [1.54, 1.807) is 24.0 Å². The first-order valence-corrected chi connectivity index (χ1v) is 11.0. The van der Waals surface area contributed by atoms with Crippen molar-refractivity contribution in [2.45, 2.75) is 33.6 Å². The maximum atomic E-state index is 12.7. The zero-order valence-corrected chi connectivity index (χ0v) is 17.2. The van der Waals surface area contributed by atoms with Gasteiger partial charge in [0.15, 0.2) is 0 Å². The lowest BCUT2D eigenvalue weighted by atomic mass is 9.97. The molecule has 1 aromatic carbocycles. The van der Waals surface area contributed by atoms with E-state index in [1.165, 1.54) is 0 Å². The van der Waals surface area contributed by atoms with E-state index in [4.69, 9.17) is 4.74 Å². The molecule has 1 fully saturated rings. The number of aryl methyl sites for hydroxylation is 2. The fraction of sp³-hybridized carbons (Fsp3) is 0.579. The minimum Gasteiger partial charge on any atom is -0.466 e. The largest absolute Gasteiger partial charge is 0.466 e. The topological polar surface area (TPSA) is 84.0 Å². The van der Waals surface area contributed by atoms with E-state index in [1.807, 2.05) is 19.9 Å². The normalized spacial score (nSPS) is 15.5. The average Bonchev–Trinajstić information content (AvgIpc) is 2.61. The average molecular weight is 397 g/mol. The number of hydrogen-bond acceptors (Lipinski definition) is 5. The van der Waals surface area contributed by atoms with Crippen molar-refractivity contribution < 1.29 is 22.7 Å². The Kier molecular flexibility index (Phi) is 6.86. The molecule has 8 heteroatoms. The van der Waals surface area contributed by atoms with Crippen LogP contribution in [0.5, 0.6) is 0 Å². The van der Waals surface area contributed by atoms with Crippen LogP contribution in [0.3, 0.4) is 0 Å². The fourth-order valence-corrected chi connectivity index (χ4v) is 3.97. The first-order valence-electron chi connectivity index (χ1n) is 9.12. The van der Waals surface area contributed by atoms with Crippen molar-refractivity contribution in [3.8, 4) is 0 Å². The highest BCUT2D eigenvalue weighted by Crippen LogP contribution is 2.23. The van der Waals surface area contributed by atoms with Crippen molar-refractivity contribution in [3.05, 3.63) is 29.3 Å². The number of piperidine rings is 1. The van der Waals surface area contributed by atoms with E-state index in [-0.39, 0.29) is 24.3 Å². The number of sulfonamides is 1. The lowest BCUT2D eigenvalue weighted by Gasteiger charge is -2.32. The second kappa shape index (κ2) is 8.73. The molecule has 150 valence electrons. The summed E-state index contributed by atoms with van der Waals surface area (Å²) in [7, 11) is -3.60. The van der Waals surface area contributed by atoms with Crippen LogP contribution in [0.25, 0.3) is 0 Å². The molecule has 1 saturated heterocycles. The standard InChI is InChI=1S/C19H28N2O5S/c1-5-26-19(23)16-8-10-20(11-9-16)18(22)13-21(27(4,24)25)17-7-6-14(2)15(3)12-17/h6-7,12,16H,5,8-11,13H2,1-4H3. The van der Waals surface area contributed by atoms with Crippen LogP contribution in [0.4, 0.5) is 5.69 Å². The number of likely N-dealkylation sites (tertiary alicyclic amines) is 1. The number of benzene rings is 1. The smallest absolute Gasteiger partial charge is 0.309 e. The van der Waals surface area contributed by atoms with E-state index in [2.05, 4.69) is 0 Å². The first kappa shape index (κ1) is 21.2. The number of anilines is 1. The van der Waals surface area contributed by atoms with Gasteiger partial charge in [-0.15, -0.1) is 0 Å². The third-order valence-corrected chi connectivity index (χ3v) is 6.07. The molecule has 7 nitrogen and oxygen atoms in total. The molecule has 0 radical (unpaired) electrons. The minimum absolute atomic E-state index is 0.195. The Labute approximate surface area is 161 Å². The molecule has 1 heterocycles. The molecule has 27 heavy (non-hydrogen) atoms. The second-order valence-corrected chi connectivity index (χ2v) is 8.85. The minimum atomic E-state index is -3.60. The summed E-state index contributed by atoms with van der Waals surface area (Å²) in [6, 6.07) is 5.33. The summed E-state index contributed by atoms with van der Waals surface area (Å²) in [5.41, 5.74) is 2.50. The Morgan fingerprint density at radius 2 is 1.81 bits per heavy atom. The number of carbonyl (C=O) groups is 2. The lowest BCUT2D eigenvalue weighted by Crippen LogP contribution is -2.46. The molecule has 0 spiro atoms. The zero-order valence-electron chi connectivity index (χ0n) is 16.4. The van der Waals surface area contributed by atoms with Crippen LogP contribution in [0.1, 0.15) is 30.9 Å². The predicted octanol–water partition coefficient (Wildman–Crippen LogP) is 1.87. The van der Waals surface area contributed by atoms with Gasteiger partial charge in [-0.05, 0) is 56.9 Å². The number of carbonyl (C=O) groups excluding carboxylic acids is 2. The molecule has 1 aromatic rings. The summed E-state index contributed by atoms with van der Waals surface area (Å²) < 4.78 is 30.7. The maximum absolute atomic E-state index is 12.7. The van der Waals surface area contributed by atoms with Crippen LogP contribution in [0, 0.1) is 19.8 Å². The van der Waals surface area contributed by atoms with Crippen LogP contribution in [0.2, 0.25) is 0 Å². The van der Waals surface area contributed by atoms with Gasteiger partial charge in [0.2, 0.25) is 15.9 Å². The molecule has 0 aliphatic carbocycles. The molecule has 1 amide bonds. The molecule has 0 unspecified atom stereocenters. The van der Waals surface area contributed by atoms with Gasteiger partial charge in [0.25, 0.3) is 0 Å². The van der Waals surface area contributed by atoms with Crippen molar-refractivity contribution in [3.63, 3.8) is 0 Å². The van der Waals surface area contributed by atoms with Gasteiger partial charge in [0.05, 0.1) is 24.5 Å². The quantitative estimate of drug-likeness (QED) is 0.686. The lowest BCUT2D eigenvalue weighted by molar-refractivity contribution is -0.151. The molecular weight excluding hydrogens is 368 g/mol. The van der Waals surface area contributed by atoms with Gasteiger partial charge >= 0.3 is 5.97 Å². The van der Waals surface area contributed by atoms with E-state index in [9.17, 15) is 18.0 Å². The van der Waals surface area contributed by atoms with Gasteiger partial charge in [0.1, 0.15) is 6.54 Å². The third kappa shape index (κ3) is 5.45. The summed E-state index contributed by atoms with van der Waals surface area (Å²) in [6.07, 6.45) is 2.17. The Morgan fingerprint density at radius 1 is 1.19 bits per heavy atom. The number of nitrogens with zero attached hydrogens (tertiary/aromatic N) is 2. The summed E-state index contributed by atoms with van der Waals surface area (Å²) >= 11 is 0. The van der Waals surface area contributed by atoms with E-state index in [0.717, 1.165) is 21.7 Å². The molecule has 0 saturated carbocycles. The van der Waals surface area contributed by atoms with Crippen LogP contribution in [0.15, 0.2) is 18.2 Å². The highest BCUT2D eigenvalue weighted by atomic mass is 32.2. The number of ether oxygens (including phenoxy) is 1. The number of hydrogen-bond donors (Lipinski definition) is 0. The monoisotopic (exact) mass is 396 g/mol. The molecule has 0 aromatic heterocycles. The van der Waals surface area contributed by atoms with Gasteiger partial charge in [-0.2, -0.15) is 0 Å². The van der Waals surface area contributed by atoms with E-state index < -0.39 is 10.0 Å². The predicted molar refractivity (Wildman–Crippen MR) is 104 cm³/mol. The summed E-state index contributed by atoms with van der Waals surface area (Å²) in [6.45, 7) is 6.56. The Bertz CT molecular complexity index is 798. The van der Waals surface area contributed by atoms with Gasteiger partial charge in [-0.1, -0.05) is 6.07 Å². The number of esters is 1. The molecule has 0 atom stereocenters. The summed E-state index contributed by atoms with van der Waals surface area (Å²) in [4.78, 5) is 26.1. The van der Waals surface area contributed by atoms with Crippen LogP contribution in [-0.4, -0.2) is 57.7 Å². The summed E-state index contributed by atoms with van der Waals surface area (Å²) in [5, 5.41) is 0. The third-order valence-electron chi connectivity index (χ3n) is 4.93. The molecule has 2 rings (SSSR count). The molecule has 1 aliphatic heterocycles. The number of rotatable bonds is 6. The van der Waals surface area contributed by atoms with Gasteiger partial charge in [-0.25, -0.2) is 8.42 Å². The molecule has 1 aliphatic rings. The van der Waals surface area contributed by atoms with Crippen molar-refractivity contribution in [1.29, 1.82) is 0 Å². The van der Waals surface area contributed by atoms with E-state index >= 15 is 0 Å². The van der Waals surface area contributed by atoms with Crippen molar-refractivity contribution in [2.24, 2.45) is 5.92 Å². The highest BCUT2D eigenvalue weighted by molar-refractivity contribution is 7.92. The Morgan fingerprint density at radius 3 is 2.33 bits per heavy atom. The number of amides is 1. The molecular formula is C19H28N2O5S. The SMILES string of the molecule is CCOC(=O)C1CCN(C(=O)CN(c2ccc(C)c(C)c2)S(C)(=O)=O)CC1. The van der Waals surface area contributed by atoms with Crippen LogP contribution >= 0.6 is 0 Å². The van der Waals surface area contributed by atoms with Gasteiger partial charge in [0, 0.05) is 13.1 Å². The Balaban J connectivity index is 2.07. The van der Waals surface area contributed by atoms with Crippen molar-refractivity contribution in [2.75, 3.05) is 36.8 Å². The first-order chi connectivity index (χ1) is 12.6. The van der Waals surface area contributed by atoms with Crippen LogP contribution < -0.4 is 4.31 Å². The zero-order chi connectivity index (χ0) is 20.2. The van der Waals surface area contributed by atoms with Crippen molar-refractivity contribution in [1.82, 2.24) is 4.90 Å². The maximum Gasteiger partial charge on any atom is 0.309 e. The molecule has 0 N–H and O–H groups in total.